The Kier molecular flexibility index (Phi) is 3.46. The summed E-state index contributed by atoms with van der Waals surface area (Å²) in [6.07, 6.45) is 0.752. The molecule has 4 heteroatoms. The molecule has 0 aliphatic carbocycles. The van der Waals surface area contributed by atoms with Crippen LogP contribution in [0.3, 0.4) is 0 Å². The Bertz CT molecular complexity index is 136. The van der Waals surface area contributed by atoms with Crippen molar-refractivity contribution < 1.29 is 14.2 Å². The Morgan fingerprint density at radius 1 is 1.50 bits per heavy atom. The highest BCUT2D eigenvalue weighted by Gasteiger charge is 2.41. The van der Waals surface area contributed by atoms with E-state index in [0.29, 0.717) is 19.8 Å². The fourth-order valence-corrected chi connectivity index (χ4v) is 1.64. The van der Waals surface area contributed by atoms with Crippen LogP contribution in [0.2, 0.25) is 0 Å². The van der Waals surface area contributed by atoms with Crippen molar-refractivity contribution >= 4 is 0 Å². The standard InChI is InChI=1S/C8H17NO3/c1-10-8(11-2)3-4-12-6-7(8)5-9/h7H,3-6,9H2,1-2H3. The molecule has 72 valence electrons. The molecule has 1 atom stereocenters. The largest absolute Gasteiger partial charge is 0.381 e. The van der Waals surface area contributed by atoms with Crippen molar-refractivity contribution in [3.8, 4) is 0 Å². The molecule has 0 spiro atoms. The van der Waals surface area contributed by atoms with Crippen LogP contribution >= 0.6 is 0 Å². The minimum absolute atomic E-state index is 0.140. The summed E-state index contributed by atoms with van der Waals surface area (Å²) in [5, 5.41) is 0. The minimum atomic E-state index is -0.521. The van der Waals surface area contributed by atoms with Gasteiger partial charge in [-0.2, -0.15) is 0 Å². The summed E-state index contributed by atoms with van der Waals surface area (Å²) in [4.78, 5) is 0. The molecule has 0 saturated carbocycles. The van der Waals surface area contributed by atoms with E-state index in [1.165, 1.54) is 0 Å². The Balaban J connectivity index is 2.66. The topological polar surface area (TPSA) is 53.7 Å². The molecule has 0 aromatic rings. The molecular formula is C8H17NO3. The summed E-state index contributed by atoms with van der Waals surface area (Å²) >= 11 is 0. The van der Waals surface area contributed by atoms with Gasteiger partial charge in [-0.15, -0.1) is 0 Å². The number of nitrogens with two attached hydrogens (primary N) is 1. The first-order chi connectivity index (χ1) is 5.79. The molecule has 0 amide bonds. The van der Waals surface area contributed by atoms with Crippen LogP contribution in [-0.2, 0) is 14.2 Å². The van der Waals surface area contributed by atoms with Gasteiger partial charge in [-0.3, -0.25) is 0 Å². The Labute approximate surface area is 73.0 Å². The zero-order valence-electron chi connectivity index (χ0n) is 7.71. The van der Waals surface area contributed by atoms with Crippen LogP contribution in [0.5, 0.6) is 0 Å². The van der Waals surface area contributed by atoms with E-state index in [2.05, 4.69) is 0 Å². The summed E-state index contributed by atoms with van der Waals surface area (Å²) in [5.74, 6) is -0.381. The summed E-state index contributed by atoms with van der Waals surface area (Å²) in [6, 6.07) is 0. The molecular weight excluding hydrogens is 158 g/mol. The summed E-state index contributed by atoms with van der Waals surface area (Å²) < 4.78 is 16.0. The van der Waals surface area contributed by atoms with Gasteiger partial charge in [0, 0.05) is 33.1 Å². The van der Waals surface area contributed by atoms with Gasteiger partial charge in [-0.05, 0) is 0 Å². The number of rotatable bonds is 3. The Morgan fingerprint density at radius 2 is 2.17 bits per heavy atom. The molecule has 1 fully saturated rings. The van der Waals surface area contributed by atoms with E-state index in [-0.39, 0.29) is 5.92 Å². The first kappa shape index (κ1) is 9.92. The highest BCUT2D eigenvalue weighted by Crippen LogP contribution is 2.29. The van der Waals surface area contributed by atoms with Crippen molar-refractivity contribution in [2.45, 2.75) is 12.2 Å². The third kappa shape index (κ3) is 1.61. The first-order valence-corrected chi connectivity index (χ1v) is 4.17. The van der Waals surface area contributed by atoms with E-state index in [1.54, 1.807) is 14.2 Å². The zero-order chi connectivity index (χ0) is 9.03. The van der Waals surface area contributed by atoms with Crippen molar-refractivity contribution in [3.63, 3.8) is 0 Å². The van der Waals surface area contributed by atoms with Crippen molar-refractivity contribution in [3.05, 3.63) is 0 Å². The number of ether oxygens (including phenoxy) is 3. The van der Waals surface area contributed by atoms with Crippen molar-refractivity contribution in [1.82, 2.24) is 0 Å². The Hall–Kier alpha value is -0.160. The second-order valence-corrected chi connectivity index (χ2v) is 2.98. The van der Waals surface area contributed by atoms with E-state index in [4.69, 9.17) is 19.9 Å². The molecule has 0 bridgehead atoms. The highest BCUT2D eigenvalue weighted by molar-refractivity contribution is 4.83. The number of hydrogen-bond acceptors (Lipinski definition) is 4. The van der Waals surface area contributed by atoms with E-state index in [0.717, 1.165) is 6.42 Å². The summed E-state index contributed by atoms with van der Waals surface area (Å²) in [6.45, 7) is 1.83. The predicted octanol–water partition coefficient (Wildman–Crippen LogP) is -0.0293. The van der Waals surface area contributed by atoms with Crippen LogP contribution in [0, 0.1) is 5.92 Å². The van der Waals surface area contributed by atoms with Crippen molar-refractivity contribution in [2.24, 2.45) is 11.7 Å². The van der Waals surface area contributed by atoms with Crippen LogP contribution in [0.1, 0.15) is 6.42 Å². The predicted molar refractivity (Wildman–Crippen MR) is 44.7 cm³/mol. The van der Waals surface area contributed by atoms with E-state index < -0.39 is 5.79 Å². The third-order valence-electron chi connectivity index (χ3n) is 2.51. The normalized spacial score (nSPS) is 28.8. The van der Waals surface area contributed by atoms with Gasteiger partial charge >= 0.3 is 0 Å². The maximum Gasteiger partial charge on any atom is 0.175 e. The highest BCUT2D eigenvalue weighted by atomic mass is 16.7. The molecule has 0 aromatic carbocycles. The average molecular weight is 175 g/mol. The molecule has 1 aliphatic rings. The molecule has 1 rings (SSSR count). The smallest absolute Gasteiger partial charge is 0.175 e. The van der Waals surface area contributed by atoms with E-state index in [1.807, 2.05) is 0 Å². The monoisotopic (exact) mass is 175 g/mol. The average Bonchev–Trinajstić information content (AvgIpc) is 2.17. The second-order valence-electron chi connectivity index (χ2n) is 2.98. The lowest BCUT2D eigenvalue weighted by molar-refractivity contribution is -0.273. The van der Waals surface area contributed by atoms with Gasteiger partial charge in [0.05, 0.1) is 13.2 Å². The minimum Gasteiger partial charge on any atom is -0.381 e. The van der Waals surface area contributed by atoms with Crippen LogP contribution < -0.4 is 5.73 Å². The molecule has 1 aliphatic heterocycles. The fourth-order valence-electron chi connectivity index (χ4n) is 1.64. The van der Waals surface area contributed by atoms with Gasteiger partial charge in [-0.25, -0.2) is 0 Å². The van der Waals surface area contributed by atoms with Crippen LogP contribution in [0.15, 0.2) is 0 Å². The maximum atomic E-state index is 5.59. The maximum absolute atomic E-state index is 5.59. The third-order valence-corrected chi connectivity index (χ3v) is 2.51. The molecule has 0 aromatic heterocycles. The lowest BCUT2D eigenvalue weighted by Crippen LogP contribution is -2.51. The summed E-state index contributed by atoms with van der Waals surface area (Å²) in [7, 11) is 3.30. The van der Waals surface area contributed by atoms with Gasteiger partial charge in [-0.1, -0.05) is 0 Å². The van der Waals surface area contributed by atoms with Crippen molar-refractivity contribution in [1.29, 1.82) is 0 Å². The molecule has 2 N–H and O–H groups in total. The fraction of sp³-hybridized carbons (Fsp3) is 1.00. The van der Waals surface area contributed by atoms with Gasteiger partial charge in [0.2, 0.25) is 0 Å². The van der Waals surface area contributed by atoms with Gasteiger partial charge < -0.3 is 19.9 Å². The lowest BCUT2D eigenvalue weighted by atomic mass is 9.94. The number of methoxy groups -OCH3 is 2. The van der Waals surface area contributed by atoms with Gasteiger partial charge in [0.15, 0.2) is 5.79 Å². The van der Waals surface area contributed by atoms with Crippen LogP contribution in [0.4, 0.5) is 0 Å². The molecule has 1 unspecified atom stereocenters. The molecule has 1 saturated heterocycles. The van der Waals surface area contributed by atoms with E-state index >= 15 is 0 Å². The van der Waals surface area contributed by atoms with Crippen LogP contribution in [-0.4, -0.2) is 39.8 Å². The molecule has 0 radical (unpaired) electrons. The molecule has 1 heterocycles. The molecule has 4 nitrogen and oxygen atoms in total. The second kappa shape index (κ2) is 4.18. The summed E-state index contributed by atoms with van der Waals surface area (Å²) in [5.41, 5.74) is 5.59. The van der Waals surface area contributed by atoms with Gasteiger partial charge in [0.25, 0.3) is 0 Å². The Morgan fingerprint density at radius 3 is 2.58 bits per heavy atom. The van der Waals surface area contributed by atoms with Gasteiger partial charge in [0.1, 0.15) is 0 Å². The SMILES string of the molecule is COC1(OC)CCOCC1CN. The lowest BCUT2D eigenvalue weighted by Gasteiger charge is -2.40. The van der Waals surface area contributed by atoms with E-state index in [9.17, 15) is 0 Å². The first-order valence-electron chi connectivity index (χ1n) is 4.17. The number of hydrogen-bond donors (Lipinski definition) is 1. The zero-order valence-corrected chi connectivity index (χ0v) is 7.71. The van der Waals surface area contributed by atoms with Crippen molar-refractivity contribution in [2.75, 3.05) is 34.0 Å². The quantitative estimate of drug-likeness (QED) is 0.612. The van der Waals surface area contributed by atoms with Crippen LogP contribution in [0.25, 0.3) is 0 Å². The molecule has 12 heavy (non-hydrogen) atoms.